The maximum atomic E-state index is 13.4. The number of nitrogens with one attached hydrogen (secondary N) is 1. The molecule has 1 aliphatic rings. The van der Waals surface area contributed by atoms with Gasteiger partial charge in [0.25, 0.3) is 5.91 Å². The summed E-state index contributed by atoms with van der Waals surface area (Å²) in [4.78, 5) is 33.2. The van der Waals surface area contributed by atoms with Crippen molar-refractivity contribution in [3.63, 3.8) is 0 Å². The molecule has 0 spiro atoms. The van der Waals surface area contributed by atoms with Gasteiger partial charge in [-0.15, -0.1) is 0 Å². The van der Waals surface area contributed by atoms with Gasteiger partial charge in [-0.2, -0.15) is 0 Å². The third kappa shape index (κ3) is 4.94. The molecule has 0 radical (unpaired) electrons. The van der Waals surface area contributed by atoms with Crippen molar-refractivity contribution >= 4 is 51.1 Å². The Balaban J connectivity index is 1.60. The van der Waals surface area contributed by atoms with Gasteiger partial charge in [-0.1, -0.05) is 25.1 Å². The number of para-hydroxylation sites is 1. The Morgan fingerprint density at radius 2 is 1.94 bits per heavy atom. The fourth-order valence-electron chi connectivity index (χ4n) is 4.04. The number of esters is 1. The van der Waals surface area contributed by atoms with Crippen LogP contribution in [0, 0.1) is 3.57 Å². The maximum Gasteiger partial charge on any atom is 0.339 e. The summed E-state index contributed by atoms with van der Waals surface area (Å²) in [5.41, 5.74) is 3.83. The minimum Gasteiger partial charge on any atom is -0.449 e. The number of hydrogen-bond acceptors (Lipinski definition) is 5. The Bertz CT molecular complexity index is 1150. The number of hydrogen-bond donors (Lipinski definition) is 1. The van der Waals surface area contributed by atoms with E-state index in [9.17, 15) is 9.59 Å². The summed E-state index contributed by atoms with van der Waals surface area (Å²) in [6, 6.07) is 15.1. The SMILES string of the molecule is CCCN1CCc2nc3ccccc3c(C(=O)OC(C)C(=O)Nc3ccc(I)cc3)c2C1. The highest BCUT2D eigenvalue weighted by molar-refractivity contribution is 14.1. The molecule has 1 aromatic heterocycles. The molecular formula is C25H26IN3O3. The lowest BCUT2D eigenvalue weighted by Crippen LogP contribution is -2.34. The molecule has 0 fully saturated rings. The Morgan fingerprint density at radius 1 is 1.19 bits per heavy atom. The molecular weight excluding hydrogens is 517 g/mol. The van der Waals surface area contributed by atoms with Crippen LogP contribution in [0.2, 0.25) is 0 Å². The molecule has 0 bridgehead atoms. The number of aromatic nitrogens is 1. The van der Waals surface area contributed by atoms with Gasteiger partial charge in [0.1, 0.15) is 0 Å². The van der Waals surface area contributed by atoms with Crippen LogP contribution in [0.25, 0.3) is 10.9 Å². The van der Waals surface area contributed by atoms with Crippen LogP contribution in [0.4, 0.5) is 5.69 Å². The van der Waals surface area contributed by atoms with Crippen molar-refractivity contribution in [3.8, 4) is 0 Å². The third-order valence-corrected chi connectivity index (χ3v) is 6.35. The molecule has 166 valence electrons. The predicted molar refractivity (Wildman–Crippen MR) is 134 cm³/mol. The monoisotopic (exact) mass is 543 g/mol. The van der Waals surface area contributed by atoms with Crippen LogP contribution in [-0.4, -0.2) is 41.0 Å². The van der Waals surface area contributed by atoms with Crippen LogP contribution in [0.15, 0.2) is 48.5 Å². The van der Waals surface area contributed by atoms with Gasteiger partial charge in [0.2, 0.25) is 0 Å². The van der Waals surface area contributed by atoms with E-state index in [4.69, 9.17) is 9.72 Å². The van der Waals surface area contributed by atoms with Crippen LogP contribution < -0.4 is 5.32 Å². The van der Waals surface area contributed by atoms with Crippen molar-refractivity contribution < 1.29 is 14.3 Å². The first kappa shape index (κ1) is 22.7. The molecule has 1 atom stereocenters. The van der Waals surface area contributed by atoms with Crippen molar-refractivity contribution in [1.29, 1.82) is 0 Å². The number of carbonyl (C=O) groups is 2. The summed E-state index contributed by atoms with van der Waals surface area (Å²) in [5, 5.41) is 3.57. The van der Waals surface area contributed by atoms with E-state index in [1.54, 1.807) is 6.92 Å². The number of benzene rings is 2. The minimum atomic E-state index is -0.931. The number of carbonyl (C=O) groups excluding carboxylic acids is 2. The lowest BCUT2D eigenvalue weighted by atomic mass is 9.95. The zero-order chi connectivity index (χ0) is 22.7. The molecule has 2 heterocycles. The Kier molecular flexibility index (Phi) is 7.05. The van der Waals surface area contributed by atoms with Gasteiger partial charge in [0.15, 0.2) is 6.10 Å². The van der Waals surface area contributed by atoms with E-state index in [1.165, 1.54) is 0 Å². The molecule has 0 saturated heterocycles. The summed E-state index contributed by atoms with van der Waals surface area (Å²) in [5.74, 6) is -0.845. The lowest BCUT2D eigenvalue weighted by Gasteiger charge is -2.29. The largest absolute Gasteiger partial charge is 0.449 e. The normalized spacial score (nSPS) is 14.6. The predicted octanol–water partition coefficient (Wildman–Crippen LogP) is 4.79. The molecule has 1 unspecified atom stereocenters. The second-order valence-electron chi connectivity index (χ2n) is 8.00. The first-order chi connectivity index (χ1) is 15.5. The lowest BCUT2D eigenvalue weighted by molar-refractivity contribution is -0.123. The molecule has 1 aliphatic heterocycles. The van der Waals surface area contributed by atoms with Gasteiger partial charge >= 0.3 is 5.97 Å². The summed E-state index contributed by atoms with van der Waals surface area (Å²) in [7, 11) is 0. The van der Waals surface area contributed by atoms with Crippen LogP contribution in [0.5, 0.6) is 0 Å². The molecule has 0 saturated carbocycles. The smallest absolute Gasteiger partial charge is 0.339 e. The van der Waals surface area contributed by atoms with E-state index in [2.05, 4.69) is 39.7 Å². The van der Waals surface area contributed by atoms with Crippen molar-refractivity contribution in [2.75, 3.05) is 18.4 Å². The van der Waals surface area contributed by atoms with E-state index in [0.717, 1.165) is 51.7 Å². The van der Waals surface area contributed by atoms with Crippen molar-refractivity contribution in [3.05, 3.63) is 68.9 Å². The van der Waals surface area contributed by atoms with Crippen LogP contribution in [0.3, 0.4) is 0 Å². The third-order valence-electron chi connectivity index (χ3n) is 5.63. The zero-order valence-electron chi connectivity index (χ0n) is 18.2. The topological polar surface area (TPSA) is 71.5 Å². The Morgan fingerprint density at radius 3 is 2.69 bits per heavy atom. The minimum absolute atomic E-state index is 0.362. The first-order valence-electron chi connectivity index (χ1n) is 10.9. The highest BCUT2D eigenvalue weighted by Gasteiger charge is 2.28. The van der Waals surface area contributed by atoms with E-state index in [0.29, 0.717) is 17.8 Å². The van der Waals surface area contributed by atoms with E-state index in [1.807, 2.05) is 48.5 Å². The second kappa shape index (κ2) is 9.95. The number of amides is 1. The molecule has 0 aliphatic carbocycles. The summed E-state index contributed by atoms with van der Waals surface area (Å²) in [6.07, 6.45) is 0.912. The zero-order valence-corrected chi connectivity index (χ0v) is 20.4. The standard InChI is InChI=1S/C25H26IN3O3/c1-3-13-29-14-12-22-20(15-29)23(19-6-4-5-7-21(19)28-22)25(31)32-16(2)24(30)27-18-10-8-17(26)9-11-18/h4-11,16H,3,12-15H2,1-2H3,(H,27,30). The van der Waals surface area contributed by atoms with Crippen molar-refractivity contribution in [2.24, 2.45) is 0 Å². The number of pyridine rings is 1. The van der Waals surface area contributed by atoms with Gasteiger partial charge in [-0.25, -0.2) is 4.79 Å². The molecule has 1 amide bonds. The highest BCUT2D eigenvalue weighted by Crippen LogP contribution is 2.29. The number of nitrogens with zero attached hydrogens (tertiary/aromatic N) is 2. The van der Waals surface area contributed by atoms with Crippen LogP contribution in [-0.2, 0) is 22.5 Å². The number of rotatable bonds is 6. The summed E-state index contributed by atoms with van der Waals surface area (Å²) in [6.45, 7) is 6.30. The highest BCUT2D eigenvalue weighted by atomic mass is 127. The Hall–Kier alpha value is -2.52. The second-order valence-corrected chi connectivity index (χ2v) is 9.24. The van der Waals surface area contributed by atoms with Gasteiger partial charge < -0.3 is 10.1 Å². The number of fused-ring (bicyclic) bond motifs is 2. The van der Waals surface area contributed by atoms with Crippen LogP contribution >= 0.6 is 22.6 Å². The first-order valence-corrected chi connectivity index (χ1v) is 11.9. The molecule has 4 rings (SSSR count). The number of anilines is 1. The Labute approximate surface area is 201 Å². The number of halogens is 1. The molecule has 1 N–H and O–H groups in total. The fourth-order valence-corrected chi connectivity index (χ4v) is 4.40. The average molecular weight is 543 g/mol. The quantitative estimate of drug-likeness (QED) is 0.358. The molecule has 32 heavy (non-hydrogen) atoms. The van der Waals surface area contributed by atoms with Crippen LogP contribution in [0.1, 0.15) is 41.9 Å². The molecule has 7 heteroatoms. The van der Waals surface area contributed by atoms with E-state index >= 15 is 0 Å². The van der Waals surface area contributed by atoms with Crippen molar-refractivity contribution in [2.45, 2.75) is 39.3 Å². The average Bonchev–Trinajstić information content (AvgIpc) is 2.79. The molecule has 2 aromatic carbocycles. The van der Waals surface area contributed by atoms with Gasteiger partial charge in [-0.3, -0.25) is 14.7 Å². The van der Waals surface area contributed by atoms with Gasteiger partial charge in [0, 0.05) is 45.4 Å². The molecule has 6 nitrogen and oxygen atoms in total. The summed E-state index contributed by atoms with van der Waals surface area (Å²) >= 11 is 2.21. The fraction of sp³-hybridized carbons (Fsp3) is 0.320. The van der Waals surface area contributed by atoms with Gasteiger partial charge in [-0.05, 0) is 72.8 Å². The van der Waals surface area contributed by atoms with E-state index < -0.39 is 12.1 Å². The molecule has 3 aromatic rings. The summed E-state index contributed by atoms with van der Waals surface area (Å²) < 4.78 is 6.74. The maximum absolute atomic E-state index is 13.4. The van der Waals surface area contributed by atoms with Crippen molar-refractivity contribution in [1.82, 2.24) is 9.88 Å². The van der Waals surface area contributed by atoms with Gasteiger partial charge in [0.05, 0.1) is 11.1 Å². The number of ether oxygens (including phenoxy) is 1. The van der Waals surface area contributed by atoms with E-state index in [-0.39, 0.29) is 5.91 Å².